The van der Waals surface area contributed by atoms with E-state index in [1.165, 1.54) is 0 Å². The molecule has 0 aromatic heterocycles. The SMILES string of the molecule is CC1CCN(C(=O)[C@@H]2CC=CC[C@@H]2C(=O)O)C1CO. The summed E-state index contributed by atoms with van der Waals surface area (Å²) in [6.45, 7) is 2.59. The highest BCUT2D eigenvalue weighted by Crippen LogP contribution is 2.32. The topological polar surface area (TPSA) is 77.8 Å². The summed E-state index contributed by atoms with van der Waals surface area (Å²) in [5, 5.41) is 18.6. The van der Waals surface area contributed by atoms with Crippen LogP contribution >= 0.6 is 0 Å². The molecule has 2 aliphatic rings. The Morgan fingerprint density at radius 2 is 1.89 bits per heavy atom. The molecule has 5 nitrogen and oxygen atoms in total. The number of nitrogens with zero attached hydrogens (tertiary/aromatic N) is 1. The zero-order valence-electron chi connectivity index (χ0n) is 11.2. The predicted molar refractivity (Wildman–Crippen MR) is 69.4 cm³/mol. The third-order valence-corrected chi connectivity index (χ3v) is 4.42. The Balaban J connectivity index is 2.14. The maximum atomic E-state index is 12.5. The molecule has 2 N–H and O–H groups in total. The average molecular weight is 267 g/mol. The molecule has 106 valence electrons. The van der Waals surface area contributed by atoms with Crippen LogP contribution in [-0.4, -0.2) is 46.2 Å². The van der Waals surface area contributed by atoms with Gasteiger partial charge < -0.3 is 15.1 Å². The van der Waals surface area contributed by atoms with Gasteiger partial charge in [-0.15, -0.1) is 0 Å². The summed E-state index contributed by atoms with van der Waals surface area (Å²) in [4.78, 5) is 25.5. The number of amides is 1. The molecular weight excluding hydrogens is 246 g/mol. The number of aliphatic hydroxyl groups is 1. The molecular formula is C14H21NO4. The number of likely N-dealkylation sites (tertiary alicyclic amines) is 1. The monoisotopic (exact) mass is 267 g/mol. The van der Waals surface area contributed by atoms with Crippen molar-refractivity contribution < 1.29 is 19.8 Å². The largest absolute Gasteiger partial charge is 0.481 e. The van der Waals surface area contributed by atoms with Crippen LogP contribution in [0, 0.1) is 17.8 Å². The smallest absolute Gasteiger partial charge is 0.307 e. The standard InChI is InChI=1S/C14H21NO4/c1-9-6-7-15(12(9)8-16)13(17)10-4-2-3-5-11(10)14(18)19/h2-3,9-12,16H,4-8H2,1H3,(H,18,19)/t9?,10-,11+,12?/m1/s1. The van der Waals surface area contributed by atoms with Crippen molar-refractivity contribution in [1.82, 2.24) is 4.90 Å². The van der Waals surface area contributed by atoms with E-state index in [9.17, 15) is 19.8 Å². The van der Waals surface area contributed by atoms with Crippen molar-refractivity contribution in [2.45, 2.75) is 32.2 Å². The number of rotatable bonds is 3. The lowest BCUT2D eigenvalue weighted by atomic mass is 9.82. The number of hydrogen-bond acceptors (Lipinski definition) is 3. The van der Waals surface area contributed by atoms with Crippen molar-refractivity contribution in [1.29, 1.82) is 0 Å². The van der Waals surface area contributed by atoms with Gasteiger partial charge in [0.25, 0.3) is 0 Å². The van der Waals surface area contributed by atoms with E-state index < -0.39 is 17.8 Å². The third kappa shape index (κ3) is 2.66. The Morgan fingerprint density at radius 1 is 1.26 bits per heavy atom. The molecule has 19 heavy (non-hydrogen) atoms. The summed E-state index contributed by atoms with van der Waals surface area (Å²) in [5.74, 6) is -1.86. The Labute approximate surface area is 112 Å². The van der Waals surface area contributed by atoms with E-state index in [1.807, 2.05) is 19.1 Å². The first-order valence-corrected chi connectivity index (χ1v) is 6.85. The van der Waals surface area contributed by atoms with Crippen molar-refractivity contribution in [2.75, 3.05) is 13.2 Å². The fraction of sp³-hybridized carbons (Fsp3) is 0.714. The highest BCUT2D eigenvalue weighted by molar-refractivity contribution is 5.85. The van der Waals surface area contributed by atoms with Gasteiger partial charge >= 0.3 is 5.97 Å². The number of carboxylic acid groups (broad SMARTS) is 1. The van der Waals surface area contributed by atoms with Gasteiger partial charge in [-0.3, -0.25) is 9.59 Å². The second-order valence-corrected chi connectivity index (χ2v) is 5.54. The van der Waals surface area contributed by atoms with E-state index in [0.29, 0.717) is 19.4 Å². The number of carboxylic acids is 1. The molecule has 1 fully saturated rings. The second-order valence-electron chi connectivity index (χ2n) is 5.54. The number of allylic oxidation sites excluding steroid dienone is 2. The number of carbonyl (C=O) groups is 2. The Hall–Kier alpha value is -1.36. The highest BCUT2D eigenvalue weighted by Gasteiger charge is 2.41. The predicted octanol–water partition coefficient (Wildman–Crippen LogP) is 0.883. The number of hydrogen-bond donors (Lipinski definition) is 2. The highest BCUT2D eigenvalue weighted by atomic mass is 16.4. The molecule has 1 heterocycles. The number of aliphatic hydroxyl groups excluding tert-OH is 1. The summed E-state index contributed by atoms with van der Waals surface area (Å²) in [7, 11) is 0. The van der Waals surface area contributed by atoms with Crippen LogP contribution in [0.2, 0.25) is 0 Å². The molecule has 4 atom stereocenters. The van der Waals surface area contributed by atoms with Crippen LogP contribution in [0.4, 0.5) is 0 Å². The van der Waals surface area contributed by atoms with Gasteiger partial charge in [0.2, 0.25) is 5.91 Å². The maximum absolute atomic E-state index is 12.5. The number of carbonyl (C=O) groups excluding carboxylic acids is 1. The first kappa shape index (κ1) is 14.1. The molecule has 0 radical (unpaired) electrons. The first-order chi connectivity index (χ1) is 9.06. The van der Waals surface area contributed by atoms with Crippen LogP contribution in [0.5, 0.6) is 0 Å². The van der Waals surface area contributed by atoms with E-state index in [4.69, 9.17) is 0 Å². The number of aliphatic carboxylic acids is 1. The Bertz CT molecular complexity index is 393. The summed E-state index contributed by atoms with van der Waals surface area (Å²) in [6, 6.07) is -0.159. The second kappa shape index (κ2) is 5.74. The molecule has 1 saturated heterocycles. The van der Waals surface area contributed by atoms with Crippen LogP contribution in [0.25, 0.3) is 0 Å². The van der Waals surface area contributed by atoms with Gasteiger partial charge in [0.15, 0.2) is 0 Å². The normalized spacial score (nSPS) is 34.5. The summed E-state index contributed by atoms with van der Waals surface area (Å²) in [5.41, 5.74) is 0. The third-order valence-electron chi connectivity index (χ3n) is 4.42. The van der Waals surface area contributed by atoms with Gasteiger partial charge in [-0.25, -0.2) is 0 Å². The van der Waals surface area contributed by atoms with Crippen LogP contribution in [0.1, 0.15) is 26.2 Å². The zero-order valence-corrected chi connectivity index (χ0v) is 11.2. The lowest BCUT2D eigenvalue weighted by Crippen LogP contribution is -2.46. The molecule has 1 amide bonds. The Kier molecular flexibility index (Phi) is 4.24. The van der Waals surface area contributed by atoms with Crippen molar-refractivity contribution in [2.24, 2.45) is 17.8 Å². The van der Waals surface area contributed by atoms with Crippen molar-refractivity contribution in [3.8, 4) is 0 Å². The van der Waals surface area contributed by atoms with Gasteiger partial charge in [-0.05, 0) is 25.2 Å². The molecule has 0 saturated carbocycles. The van der Waals surface area contributed by atoms with Crippen LogP contribution < -0.4 is 0 Å². The quantitative estimate of drug-likeness (QED) is 0.744. The minimum atomic E-state index is -0.907. The van der Waals surface area contributed by atoms with E-state index in [0.717, 1.165) is 6.42 Å². The zero-order chi connectivity index (χ0) is 14.0. The summed E-state index contributed by atoms with van der Waals surface area (Å²) in [6.07, 6.45) is 5.49. The Morgan fingerprint density at radius 3 is 2.47 bits per heavy atom. The molecule has 1 aliphatic carbocycles. The van der Waals surface area contributed by atoms with Crippen molar-refractivity contribution in [3.63, 3.8) is 0 Å². The van der Waals surface area contributed by atoms with Gasteiger partial charge in [-0.1, -0.05) is 19.1 Å². The van der Waals surface area contributed by atoms with Crippen LogP contribution in [0.3, 0.4) is 0 Å². The van der Waals surface area contributed by atoms with E-state index in [1.54, 1.807) is 4.90 Å². The molecule has 0 bridgehead atoms. The fourth-order valence-electron chi connectivity index (χ4n) is 3.13. The van der Waals surface area contributed by atoms with Crippen LogP contribution in [0.15, 0.2) is 12.2 Å². The van der Waals surface area contributed by atoms with E-state index in [-0.39, 0.29) is 24.5 Å². The maximum Gasteiger partial charge on any atom is 0.307 e. The van der Waals surface area contributed by atoms with Gasteiger partial charge in [-0.2, -0.15) is 0 Å². The van der Waals surface area contributed by atoms with E-state index >= 15 is 0 Å². The molecule has 0 aromatic rings. The van der Waals surface area contributed by atoms with Crippen molar-refractivity contribution >= 4 is 11.9 Å². The molecule has 0 aromatic carbocycles. The minimum Gasteiger partial charge on any atom is -0.481 e. The fourth-order valence-corrected chi connectivity index (χ4v) is 3.13. The van der Waals surface area contributed by atoms with Gasteiger partial charge in [0, 0.05) is 6.54 Å². The molecule has 0 spiro atoms. The molecule has 2 rings (SSSR count). The molecule has 2 unspecified atom stereocenters. The van der Waals surface area contributed by atoms with Crippen LogP contribution in [-0.2, 0) is 9.59 Å². The summed E-state index contributed by atoms with van der Waals surface area (Å²) >= 11 is 0. The van der Waals surface area contributed by atoms with Gasteiger partial charge in [0.05, 0.1) is 24.5 Å². The van der Waals surface area contributed by atoms with Crippen molar-refractivity contribution in [3.05, 3.63) is 12.2 Å². The van der Waals surface area contributed by atoms with E-state index in [2.05, 4.69) is 0 Å². The average Bonchev–Trinajstić information content (AvgIpc) is 2.78. The lowest BCUT2D eigenvalue weighted by Gasteiger charge is -2.32. The molecule has 5 heteroatoms. The van der Waals surface area contributed by atoms with Gasteiger partial charge in [0.1, 0.15) is 0 Å². The summed E-state index contributed by atoms with van der Waals surface area (Å²) < 4.78 is 0. The first-order valence-electron chi connectivity index (χ1n) is 6.85. The lowest BCUT2D eigenvalue weighted by molar-refractivity contribution is -0.151. The minimum absolute atomic E-state index is 0.0484. The molecule has 1 aliphatic heterocycles.